The molecule has 0 saturated carbocycles. The third kappa shape index (κ3) is 15.6. The molecule has 0 aliphatic carbocycles. The highest BCUT2D eigenvalue weighted by Gasteiger charge is 2.47. The van der Waals surface area contributed by atoms with Crippen LogP contribution in [-0.4, -0.2) is 91.3 Å². The van der Waals surface area contributed by atoms with Crippen LogP contribution < -0.4 is 60.9 Å². The molecule has 2 N–H and O–H groups in total. The van der Waals surface area contributed by atoms with Crippen molar-refractivity contribution in [2.45, 2.75) is 49.5 Å². The zero-order chi connectivity index (χ0) is 71.7. The number of unbranched alkanes of at least 4 members (excludes halogenated alkanes) is 2. The van der Waals surface area contributed by atoms with Crippen molar-refractivity contribution in [3.05, 3.63) is 227 Å². The second-order valence-corrected chi connectivity index (χ2v) is 27.8. The van der Waals surface area contributed by atoms with Crippen LogP contribution >= 0.6 is 34.6 Å². The average Bonchev–Trinajstić information content (AvgIpc) is 1.52. The van der Waals surface area contributed by atoms with Crippen LogP contribution in [0.4, 0.5) is 26.3 Å². The minimum Gasteiger partial charge on any atom is -0.497 e. The summed E-state index contributed by atoms with van der Waals surface area (Å²) >= 11 is 2.02. The zero-order valence-corrected chi connectivity index (χ0v) is 57.6. The standard InChI is InChI=1S/C74H58B2F6N8O8S4/c1-95-55-37-39-61-59(43-55)85-71(99-61)57(45-83)69-65-66(68(90(69)76(51-23-11-5-12-24-51)52-25-13-6-14-26-52)48-31-35-54(36-32-48)98-42-18-16-28-64(92)88-102(93,94)74(80,81)82)70(58(46-84)72-86-60-44-56(96-2)38-40-62(60)100-72)89(75(49-19-7-3-8-20-49)50-21-9-4-10-22-50)67(65)47-29-33-53(34-30-47)97-41-17-15-27-63(91)87-101-73(77,78)79/h3-14,19-26,29-40,43-44H,15-18,27-28,41-42H2,1-2H3,(H,87,91)(H,88,92)/b69-57-,70-58-. The number of fused-ring (bicyclic) bond motifs is 3. The molecule has 514 valence electrons. The summed E-state index contributed by atoms with van der Waals surface area (Å²) in [7, 11) is -2.78. The monoisotopic (exact) mass is 1450 g/mol. The molecule has 0 spiro atoms. The number of nitrogens with zero attached hydrogens (tertiary/aromatic N) is 6. The number of amides is 2. The SMILES string of the molecule is COc1ccc2sc(/C(C#N)=c3/c4c(-c5ccc(OCCCCC(=O)NS(=O)(=O)C(F)(F)F)cc5)n(B(c5ccccc5)c5ccccc5)/c(=C(/C#N)c5nc6cc(OC)ccc6s5)c4c(-c4ccc(OCCCCC(=O)NSC(F)(F)F)cc4)n3B(c3ccccc3)c3ccccc3)nc2c1. The minimum atomic E-state index is -5.90. The molecule has 2 amide bonds. The number of methoxy groups -OCH3 is 2. The van der Waals surface area contributed by atoms with E-state index in [1.807, 2.05) is 175 Å². The van der Waals surface area contributed by atoms with Crippen LogP contribution in [-0.2, 0) is 19.6 Å². The van der Waals surface area contributed by atoms with E-state index in [1.54, 1.807) is 50.6 Å². The van der Waals surface area contributed by atoms with Gasteiger partial charge in [-0.15, -0.1) is 22.7 Å². The lowest BCUT2D eigenvalue weighted by atomic mass is 9.50. The summed E-state index contributed by atoms with van der Waals surface area (Å²) in [5.41, 5.74) is -3.43. The highest BCUT2D eigenvalue weighted by Crippen LogP contribution is 2.40. The number of nitriles is 2. The maximum Gasteiger partial charge on any atom is 0.516 e. The first-order valence-electron chi connectivity index (χ1n) is 31.8. The lowest BCUT2D eigenvalue weighted by molar-refractivity contribution is -0.120. The number of halogens is 6. The van der Waals surface area contributed by atoms with E-state index in [0.717, 1.165) is 36.0 Å². The fourth-order valence-electron chi connectivity index (χ4n) is 12.2. The minimum absolute atomic E-state index is 0.0173. The molecular formula is C74H58B2F6N8O8S4. The second kappa shape index (κ2) is 31.0. The van der Waals surface area contributed by atoms with Gasteiger partial charge in [0.25, 0.3) is 0 Å². The van der Waals surface area contributed by atoms with Crippen LogP contribution in [0.3, 0.4) is 0 Å². The lowest BCUT2D eigenvalue weighted by Crippen LogP contribution is -2.54. The summed E-state index contributed by atoms with van der Waals surface area (Å²) in [6.07, 6.45) is -0.0000273. The van der Waals surface area contributed by atoms with E-state index >= 15 is 0 Å². The molecule has 102 heavy (non-hydrogen) atoms. The van der Waals surface area contributed by atoms with Gasteiger partial charge in [0.15, 0.2) is 0 Å². The van der Waals surface area contributed by atoms with Crippen molar-refractivity contribution in [1.29, 1.82) is 10.5 Å². The van der Waals surface area contributed by atoms with Crippen molar-refractivity contribution in [3.63, 3.8) is 0 Å². The molecule has 12 aromatic rings. The number of carbonyl (C=O) groups is 2. The molecule has 0 fully saturated rings. The third-order valence-electron chi connectivity index (χ3n) is 16.7. The quantitative estimate of drug-likeness (QED) is 0.0224. The van der Waals surface area contributed by atoms with Crippen molar-refractivity contribution in [2.75, 3.05) is 27.4 Å². The topological polar surface area (TPSA) is 212 Å². The number of ether oxygens (including phenoxy) is 4. The molecule has 0 atom stereocenters. The van der Waals surface area contributed by atoms with E-state index in [-0.39, 0.29) is 50.0 Å². The molecule has 12 rings (SSSR count). The highest BCUT2D eigenvalue weighted by atomic mass is 32.2. The van der Waals surface area contributed by atoms with E-state index in [9.17, 15) is 54.9 Å². The predicted octanol–water partition coefficient (Wildman–Crippen LogP) is 12.1. The molecule has 0 saturated heterocycles. The average molecular weight is 1450 g/mol. The first kappa shape index (κ1) is 71.1. The van der Waals surface area contributed by atoms with Crippen molar-refractivity contribution < 1.29 is 63.3 Å². The van der Waals surface area contributed by atoms with Crippen molar-refractivity contribution in [3.8, 4) is 57.7 Å². The van der Waals surface area contributed by atoms with Crippen LogP contribution in [0.25, 0.3) is 64.9 Å². The Bertz CT molecular complexity index is 5200. The van der Waals surface area contributed by atoms with Gasteiger partial charge in [0.05, 0.1) is 70.5 Å². The van der Waals surface area contributed by atoms with Crippen molar-refractivity contribution in [2.24, 2.45) is 0 Å². The van der Waals surface area contributed by atoms with Gasteiger partial charge in [-0.3, -0.25) is 14.3 Å². The van der Waals surface area contributed by atoms with Gasteiger partial charge in [-0.2, -0.15) is 45.3 Å². The van der Waals surface area contributed by atoms with Gasteiger partial charge in [0, 0.05) is 47.1 Å². The van der Waals surface area contributed by atoms with E-state index in [2.05, 4.69) is 21.1 Å². The number of nitrogens with one attached hydrogen (secondary N) is 2. The van der Waals surface area contributed by atoms with Gasteiger partial charge < -0.3 is 27.9 Å². The largest absolute Gasteiger partial charge is 0.516 e. The Morgan fingerprint density at radius 1 is 0.520 bits per heavy atom. The summed E-state index contributed by atoms with van der Waals surface area (Å²) < 4.78 is 134. The maximum atomic E-state index is 13.1. The normalized spacial score (nSPS) is 12.3. The first-order valence-corrected chi connectivity index (χ1v) is 35.8. The Balaban J connectivity index is 1.20. The van der Waals surface area contributed by atoms with Crippen molar-refractivity contribution >= 4 is 134 Å². The Kier molecular flexibility index (Phi) is 21.6. The van der Waals surface area contributed by atoms with Crippen LogP contribution in [0.2, 0.25) is 0 Å². The zero-order valence-electron chi connectivity index (χ0n) is 54.3. The number of thiazole rings is 2. The number of aromatic nitrogens is 4. The van der Waals surface area contributed by atoms with E-state index < -0.39 is 64.9 Å². The summed E-state index contributed by atoms with van der Waals surface area (Å²) in [6.45, 7) is -1.46. The van der Waals surface area contributed by atoms with Gasteiger partial charge in [0.2, 0.25) is 11.8 Å². The maximum absolute atomic E-state index is 13.1. The lowest BCUT2D eigenvalue weighted by Gasteiger charge is -2.24. The second-order valence-electron chi connectivity index (χ2n) is 23.2. The van der Waals surface area contributed by atoms with Gasteiger partial charge in [-0.25, -0.2) is 14.7 Å². The van der Waals surface area contributed by atoms with E-state index in [4.69, 9.17) is 28.9 Å². The number of hydrogen-bond acceptors (Lipinski definition) is 15. The molecular weight excluding hydrogens is 1390 g/mol. The molecule has 8 aromatic carbocycles. The molecule has 0 radical (unpaired) electrons. The number of hydrogen-bond donors (Lipinski definition) is 2. The fourth-order valence-corrected chi connectivity index (χ4v) is 14.9. The van der Waals surface area contributed by atoms with Gasteiger partial charge >= 0.3 is 34.7 Å². The molecule has 0 bridgehead atoms. The predicted molar refractivity (Wildman–Crippen MR) is 389 cm³/mol. The number of alkyl halides is 6. The number of carbonyl (C=O) groups excluding carboxylic acids is 2. The molecule has 0 unspecified atom stereocenters. The van der Waals surface area contributed by atoms with Crippen LogP contribution in [0, 0.1) is 22.7 Å². The van der Waals surface area contributed by atoms with Gasteiger partial charge in [-0.05, 0) is 110 Å². The van der Waals surface area contributed by atoms with Crippen molar-refractivity contribution in [1.82, 2.24) is 28.4 Å². The summed E-state index contributed by atoms with van der Waals surface area (Å²) in [6, 6.07) is 70.2. The Labute approximate surface area is 594 Å². The Morgan fingerprint density at radius 3 is 1.23 bits per heavy atom. The van der Waals surface area contributed by atoms with E-state index in [1.165, 1.54) is 22.7 Å². The number of sulfonamides is 1. The first-order chi connectivity index (χ1) is 49.3. The summed E-state index contributed by atoms with van der Waals surface area (Å²) in [5, 5.41) is 27.5. The molecule has 0 aliphatic heterocycles. The van der Waals surface area contributed by atoms with Gasteiger partial charge in [0.1, 0.15) is 56.3 Å². The molecule has 0 aliphatic rings. The Hall–Kier alpha value is -10.8. The molecule has 16 nitrogen and oxygen atoms in total. The smallest absolute Gasteiger partial charge is 0.497 e. The fraction of sp³-hybridized carbons (Fsp3) is 0.162. The van der Waals surface area contributed by atoms with Crippen LogP contribution in [0.1, 0.15) is 48.5 Å². The van der Waals surface area contributed by atoms with E-state index in [0.29, 0.717) is 94.5 Å². The van der Waals surface area contributed by atoms with Crippen LogP contribution in [0.15, 0.2) is 206 Å². The highest BCUT2D eigenvalue weighted by molar-refractivity contribution is 7.98. The number of rotatable bonds is 26. The Morgan fingerprint density at radius 2 is 0.882 bits per heavy atom. The summed E-state index contributed by atoms with van der Waals surface area (Å²) in [4.78, 5) is 35.2. The molecule has 28 heteroatoms. The van der Waals surface area contributed by atoms with Gasteiger partial charge in [-0.1, -0.05) is 143 Å². The third-order valence-corrected chi connectivity index (χ3v) is 20.5. The number of benzene rings is 8. The summed E-state index contributed by atoms with van der Waals surface area (Å²) in [5.74, 6) is -0.234. The van der Waals surface area contributed by atoms with Crippen LogP contribution in [0.5, 0.6) is 23.0 Å². The molecule has 4 heterocycles. The molecule has 4 aromatic heterocycles.